The smallest absolute Gasteiger partial charge is 0.374 e. The van der Waals surface area contributed by atoms with Crippen LogP contribution in [0.5, 0.6) is 0 Å². The van der Waals surface area contributed by atoms with E-state index >= 15 is 0 Å². The third kappa shape index (κ3) is 4.63. The molecule has 3 rings (SSSR count). The standard InChI is InChI=1S/C18H20F3N3O2/c1-13-5-6-24(22-13)12-17(25)23-7-8-26-16(11-23)10-14-3-2-4-15(9-14)18(19,20)21/h2-6,9,16H,7-8,10-12H2,1H3/t16-/m1/s1. The number of hydrogen-bond acceptors (Lipinski definition) is 3. The number of rotatable bonds is 4. The van der Waals surface area contributed by atoms with Gasteiger partial charge in [0.15, 0.2) is 0 Å². The molecule has 0 radical (unpaired) electrons. The zero-order valence-electron chi connectivity index (χ0n) is 14.4. The van der Waals surface area contributed by atoms with Gasteiger partial charge in [0.05, 0.1) is 24.0 Å². The van der Waals surface area contributed by atoms with Crippen LogP contribution in [0.1, 0.15) is 16.8 Å². The molecule has 0 N–H and O–H groups in total. The Morgan fingerprint density at radius 3 is 2.85 bits per heavy atom. The maximum atomic E-state index is 12.8. The molecule has 1 fully saturated rings. The van der Waals surface area contributed by atoms with E-state index in [1.54, 1.807) is 21.8 Å². The summed E-state index contributed by atoms with van der Waals surface area (Å²) < 4.78 is 45.7. The van der Waals surface area contributed by atoms with E-state index in [9.17, 15) is 18.0 Å². The van der Waals surface area contributed by atoms with E-state index in [0.717, 1.165) is 17.8 Å². The summed E-state index contributed by atoms with van der Waals surface area (Å²) in [7, 11) is 0. The van der Waals surface area contributed by atoms with Gasteiger partial charge in [0.1, 0.15) is 6.54 Å². The Bertz CT molecular complexity index is 773. The SMILES string of the molecule is Cc1ccn(CC(=O)N2CCO[C@H](Cc3cccc(C(F)(F)F)c3)C2)n1. The quantitative estimate of drug-likeness (QED) is 0.835. The number of ether oxygens (including phenoxy) is 1. The second kappa shape index (κ2) is 7.49. The van der Waals surface area contributed by atoms with Crippen LogP contribution in [0.25, 0.3) is 0 Å². The van der Waals surface area contributed by atoms with Crippen molar-refractivity contribution in [3.8, 4) is 0 Å². The number of nitrogens with zero attached hydrogens (tertiary/aromatic N) is 3. The highest BCUT2D eigenvalue weighted by atomic mass is 19.4. The molecule has 1 aromatic heterocycles. The lowest BCUT2D eigenvalue weighted by molar-refractivity contribution is -0.139. The molecule has 2 aromatic rings. The van der Waals surface area contributed by atoms with Crippen LogP contribution in [0.15, 0.2) is 36.5 Å². The second-order valence-corrected chi connectivity index (χ2v) is 6.39. The molecule has 26 heavy (non-hydrogen) atoms. The number of aromatic nitrogens is 2. The Morgan fingerprint density at radius 2 is 2.15 bits per heavy atom. The Kier molecular flexibility index (Phi) is 5.31. The van der Waals surface area contributed by atoms with E-state index in [4.69, 9.17) is 4.74 Å². The molecular weight excluding hydrogens is 347 g/mol. The molecule has 0 spiro atoms. The van der Waals surface area contributed by atoms with Gasteiger partial charge >= 0.3 is 6.18 Å². The zero-order chi connectivity index (χ0) is 18.7. The number of carbonyl (C=O) groups is 1. The summed E-state index contributed by atoms with van der Waals surface area (Å²) in [5.74, 6) is -0.0783. The summed E-state index contributed by atoms with van der Waals surface area (Å²) >= 11 is 0. The van der Waals surface area contributed by atoms with Crippen molar-refractivity contribution in [1.82, 2.24) is 14.7 Å². The Hall–Kier alpha value is -2.35. The molecule has 1 amide bonds. The summed E-state index contributed by atoms with van der Waals surface area (Å²) in [4.78, 5) is 14.1. The molecule has 0 saturated carbocycles. The molecule has 140 valence electrons. The van der Waals surface area contributed by atoms with Crippen molar-refractivity contribution < 1.29 is 22.7 Å². The average molecular weight is 367 g/mol. The lowest BCUT2D eigenvalue weighted by atomic mass is 10.0. The molecule has 1 aliphatic heterocycles. The van der Waals surface area contributed by atoms with Crippen molar-refractivity contribution in [2.24, 2.45) is 0 Å². The summed E-state index contributed by atoms with van der Waals surface area (Å²) in [6, 6.07) is 7.04. The lowest BCUT2D eigenvalue weighted by Gasteiger charge is -2.33. The van der Waals surface area contributed by atoms with E-state index in [1.807, 2.05) is 13.0 Å². The third-order valence-electron chi connectivity index (χ3n) is 4.28. The zero-order valence-corrected chi connectivity index (χ0v) is 14.4. The summed E-state index contributed by atoms with van der Waals surface area (Å²) in [6.07, 6.45) is -2.62. The predicted molar refractivity (Wildman–Crippen MR) is 88.4 cm³/mol. The fourth-order valence-electron chi connectivity index (χ4n) is 3.00. The van der Waals surface area contributed by atoms with E-state index < -0.39 is 11.7 Å². The lowest BCUT2D eigenvalue weighted by Crippen LogP contribution is -2.47. The van der Waals surface area contributed by atoms with E-state index in [2.05, 4.69) is 5.10 Å². The Morgan fingerprint density at radius 1 is 1.35 bits per heavy atom. The van der Waals surface area contributed by atoms with E-state index in [-0.39, 0.29) is 18.6 Å². The van der Waals surface area contributed by atoms with Crippen LogP contribution in [-0.2, 0) is 28.7 Å². The first kappa shape index (κ1) is 18.4. The number of halogens is 3. The second-order valence-electron chi connectivity index (χ2n) is 6.39. The van der Waals surface area contributed by atoms with E-state index in [1.165, 1.54) is 6.07 Å². The van der Waals surface area contributed by atoms with Gasteiger partial charge in [-0.15, -0.1) is 0 Å². The number of hydrogen-bond donors (Lipinski definition) is 0. The van der Waals surface area contributed by atoms with Gasteiger partial charge in [-0.3, -0.25) is 9.48 Å². The van der Waals surface area contributed by atoms with Gasteiger partial charge in [0.2, 0.25) is 5.91 Å². The fraction of sp³-hybridized carbons (Fsp3) is 0.444. The fourth-order valence-corrected chi connectivity index (χ4v) is 3.00. The molecular formula is C18H20F3N3O2. The first-order valence-corrected chi connectivity index (χ1v) is 8.37. The van der Waals surface area contributed by atoms with Gasteiger partial charge in [-0.1, -0.05) is 18.2 Å². The molecule has 0 aliphatic carbocycles. The monoisotopic (exact) mass is 367 g/mol. The van der Waals surface area contributed by atoms with Crippen LogP contribution in [-0.4, -0.2) is 46.4 Å². The van der Waals surface area contributed by atoms with Crippen LogP contribution in [0.2, 0.25) is 0 Å². The van der Waals surface area contributed by atoms with Crippen molar-refractivity contribution in [2.45, 2.75) is 32.2 Å². The number of benzene rings is 1. The summed E-state index contributed by atoms with van der Waals surface area (Å²) in [6.45, 7) is 3.19. The molecule has 1 aliphatic rings. The summed E-state index contributed by atoms with van der Waals surface area (Å²) in [5.41, 5.74) is 0.705. The van der Waals surface area contributed by atoms with Crippen LogP contribution in [0, 0.1) is 6.92 Å². The number of morpholine rings is 1. The molecule has 1 aromatic carbocycles. The highest BCUT2D eigenvalue weighted by molar-refractivity contribution is 5.76. The molecule has 0 bridgehead atoms. The largest absolute Gasteiger partial charge is 0.416 e. The van der Waals surface area contributed by atoms with Gasteiger partial charge in [-0.25, -0.2) is 0 Å². The van der Waals surface area contributed by atoms with Crippen LogP contribution in [0.4, 0.5) is 13.2 Å². The van der Waals surface area contributed by atoms with Gasteiger partial charge in [0.25, 0.3) is 0 Å². The molecule has 0 unspecified atom stereocenters. The minimum absolute atomic E-state index is 0.0783. The number of alkyl halides is 3. The minimum Gasteiger partial charge on any atom is -0.374 e. The first-order chi connectivity index (χ1) is 12.3. The van der Waals surface area contributed by atoms with E-state index in [0.29, 0.717) is 31.7 Å². The van der Waals surface area contributed by atoms with Crippen molar-refractivity contribution in [2.75, 3.05) is 19.7 Å². The van der Waals surface area contributed by atoms with Gasteiger partial charge in [-0.05, 0) is 24.6 Å². The van der Waals surface area contributed by atoms with Gasteiger partial charge in [0, 0.05) is 25.7 Å². The first-order valence-electron chi connectivity index (χ1n) is 8.37. The van der Waals surface area contributed by atoms with Crippen molar-refractivity contribution in [1.29, 1.82) is 0 Å². The van der Waals surface area contributed by atoms with Gasteiger partial charge in [-0.2, -0.15) is 18.3 Å². The molecule has 8 heteroatoms. The van der Waals surface area contributed by atoms with Crippen molar-refractivity contribution in [3.63, 3.8) is 0 Å². The van der Waals surface area contributed by atoms with Crippen molar-refractivity contribution >= 4 is 5.91 Å². The minimum atomic E-state index is -4.37. The summed E-state index contributed by atoms with van der Waals surface area (Å²) in [5, 5.41) is 4.20. The molecule has 2 heterocycles. The Labute approximate surface area is 149 Å². The molecule has 1 saturated heterocycles. The predicted octanol–water partition coefficient (Wildman–Crippen LogP) is 2.68. The van der Waals surface area contributed by atoms with Crippen LogP contribution >= 0.6 is 0 Å². The highest BCUT2D eigenvalue weighted by Gasteiger charge is 2.31. The molecule has 5 nitrogen and oxygen atoms in total. The van der Waals surface area contributed by atoms with Crippen LogP contribution < -0.4 is 0 Å². The average Bonchev–Trinajstić information content (AvgIpc) is 2.99. The third-order valence-corrected chi connectivity index (χ3v) is 4.28. The normalized spacial score (nSPS) is 18.2. The van der Waals surface area contributed by atoms with Crippen LogP contribution in [0.3, 0.4) is 0 Å². The number of amides is 1. The maximum absolute atomic E-state index is 12.8. The maximum Gasteiger partial charge on any atom is 0.416 e. The number of aryl methyl sites for hydroxylation is 1. The van der Waals surface area contributed by atoms with Gasteiger partial charge < -0.3 is 9.64 Å². The van der Waals surface area contributed by atoms with Crippen molar-refractivity contribution in [3.05, 3.63) is 53.3 Å². The molecule has 1 atom stereocenters. The topological polar surface area (TPSA) is 47.4 Å². The Balaban J connectivity index is 1.61. The number of carbonyl (C=O) groups excluding carboxylic acids is 1. The highest BCUT2D eigenvalue weighted by Crippen LogP contribution is 2.30.